The van der Waals surface area contributed by atoms with E-state index in [0.29, 0.717) is 45.1 Å². The number of ether oxygens (including phenoxy) is 2. The largest absolute Gasteiger partial charge is 0.471 e. The van der Waals surface area contributed by atoms with Crippen LogP contribution in [0.15, 0.2) is 23.5 Å². The maximum Gasteiger partial charge on any atom is 0.246 e. The van der Waals surface area contributed by atoms with Crippen molar-refractivity contribution in [3.8, 4) is 11.9 Å². The second kappa shape index (κ2) is 8.55. The number of sulfonamides is 1. The Hall–Kier alpha value is -2.75. The van der Waals surface area contributed by atoms with Gasteiger partial charge in [0.05, 0.1) is 25.6 Å². The monoisotopic (exact) mass is 433 g/mol. The zero-order chi connectivity index (χ0) is 21.1. The smallest absolute Gasteiger partial charge is 0.246 e. The summed E-state index contributed by atoms with van der Waals surface area (Å²) in [4.78, 5) is 8.75. The van der Waals surface area contributed by atoms with Gasteiger partial charge in [-0.2, -0.15) is 19.6 Å². The molecule has 1 atom stereocenters. The minimum absolute atomic E-state index is 0.0148. The molecular formula is C18H23N7O4S. The van der Waals surface area contributed by atoms with Crippen molar-refractivity contribution in [2.24, 2.45) is 7.05 Å². The van der Waals surface area contributed by atoms with Crippen molar-refractivity contribution >= 4 is 16.0 Å². The molecule has 2 aliphatic rings. The molecule has 0 aromatic carbocycles. The Bertz CT molecular complexity index is 1040. The first-order valence-electron chi connectivity index (χ1n) is 9.72. The Balaban J connectivity index is 1.38. The molecule has 0 unspecified atom stereocenters. The lowest BCUT2D eigenvalue weighted by molar-refractivity contribution is 0.138. The molecule has 2 aromatic heterocycles. The summed E-state index contributed by atoms with van der Waals surface area (Å²) in [7, 11) is -1.86. The van der Waals surface area contributed by atoms with Crippen molar-refractivity contribution in [1.29, 1.82) is 5.26 Å². The topological polar surface area (TPSA) is 135 Å². The number of hydrogen-bond acceptors (Lipinski definition) is 9. The molecule has 0 aliphatic carbocycles. The van der Waals surface area contributed by atoms with E-state index in [9.17, 15) is 13.7 Å². The maximum absolute atomic E-state index is 12.7. The molecule has 11 nitrogen and oxygen atoms in total. The summed E-state index contributed by atoms with van der Waals surface area (Å²) in [5, 5.41) is 16.5. The normalized spacial score (nSPS) is 20.7. The van der Waals surface area contributed by atoms with E-state index < -0.39 is 10.0 Å². The van der Waals surface area contributed by atoms with E-state index in [1.54, 1.807) is 7.05 Å². The standard InChI is InChI=1S/C18H23N7O4S/c1-24-11-16(10-21-24)30(26,27)25-5-2-14(3-6-25)22-18-20-9-13(8-19)17(23-18)29-15-4-7-28-12-15/h9-11,14-15H,2-7,12H2,1H3,(H,20,22,23)/t15-/m0/s1. The summed E-state index contributed by atoms with van der Waals surface area (Å²) in [6.45, 7) is 1.87. The Kier molecular flexibility index (Phi) is 5.85. The van der Waals surface area contributed by atoms with Gasteiger partial charge in [0, 0.05) is 38.8 Å². The van der Waals surface area contributed by atoms with Crippen LogP contribution in [0.2, 0.25) is 0 Å². The van der Waals surface area contributed by atoms with Crippen molar-refractivity contribution in [3.05, 3.63) is 24.2 Å². The molecule has 2 fully saturated rings. The SMILES string of the molecule is Cn1cc(S(=O)(=O)N2CCC(Nc3ncc(C#N)c(O[C@H]4CCOC4)n3)CC2)cn1. The Morgan fingerprint density at radius 1 is 1.30 bits per heavy atom. The van der Waals surface area contributed by atoms with Crippen LogP contribution in [0.1, 0.15) is 24.8 Å². The van der Waals surface area contributed by atoms with Crippen LogP contribution in [0.3, 0.4) is 0 Å². The van der Waals surface area contributed by atoms with E-state index >= 15 is 0 Å². The van der Waals surface area contributed by atoms with Gasteiger partial charge in [-0.3, -0.25) is 4.68 Å². The summed E-state index contributed by atoms with van der Waals surface area (Å²) in [5.74, 6) is 0.596. The number of aryl methyl sites for hydroxylation is 1. The van der Waals surface area contributed by atoms with Gasteiger partial charge >= 0.3 is 0 Å². The van der Waals surface area contributed by atoms with E-state index in [-0.39, 0.29) is 28.5 Å². The highest BCUT2D eigenvalue weighted by Gasteiger charge is 2.30. The zero-order valence-corrected chi connectivity index (χ0v) is 17.4. The fraction of sp³-hybridized carbons (Fsp3) is 0.556. The van der Waals surface area contributed by atoms with Crippen LogP contribution in [0.5, 0.6) is 5.88 Å². The highest BCUT2D eigenvalue weighted by atomic mass is 32.2. The fourth-order valence-corrected chi connectivity index (χ4v) is 4.93. The fourth-order valence-electron chi connectivity index (χ4n) is 3.47. The molecule has 2 saturated heterocycles. The Morgan fingerprint density at radius 3 is 2.73 bits per heavy atom. The quantitative estimate of drug-likeness (QED) is 0.691. The van der Waals surface area contributed by atoms with E-state index in [1.807, 2.05) is 6.07 Å². The van der Waals surface area contributed by atoms with Gasteiger partial charge in [0.25, 0.3) is 0 Å². The number of nitriles is 1. The summed E-state index contributed by atoms with van der Waals surface area (Å²) in [5.41, 5.74) is 0.268. The predicted octanol–water partition coefficient (Wildman–Crippen LogP) is 0.515. The van der Waals surface area contributed by atoms with Crippen LogP contribution in [0.4, 0.5) is 5.95 Å². The third kappa shape index (κ3) is 4.38. The number of rotatable bonds is 6. The third-order valence-electron chi connectivity index (χ3n) is 5.15. The molecule has 0 saturated carbocycles. The van der Waals surface area contributed by atoms with Gasteiger partial charge < -0.3 is 14.8 Å². The first-order valence-corrected chi connectivity index (χ1v) is 11.2. The predicted molar refractivity (Wildman–Crippen MR) is 105 cm³/mol. The minimum Gasteiger partial charge on any atom is -0.471 e. The number of piperidine rings is 1. The molecule has 0 bridgehead atoms. The van der Waals surface area contributed by atoms with Crippen LogP contribution >= 0.6 is 0 Å². The van der Waals surface area contributed by atoms with Crippen LogP contribution in [-0.4, -0.2) is 70.9 Å². The summed E-state index contributed by atoms with van der Waals surface area (Å²) < 4.78 is 39.5. The lowest BCUT2D eigenvalue weighted by atomic mass is 10.1. The second-order valence-electron chi connectivity index (χ2n) is 7.30. The van der Waals surface area contributed by atoms with Crippen molar-refractivity contribution in [1.82, 2.24) is 24.1 Å². The molecule has 4 rings (SSSR count). The summed E-state index contributed by atoms with van der Waals surface area (Å²) >= 11 is 0. The van der Waals surface area contributed by atoms with E-state index in [2.05, 4.69) is 20.4 Å². The molecule has 12 heteroatoms. The van der Waals surface area contributed by atoms with Crippen LogP contribution in [-0.2, 0) is 21.8 Å². The number of aromatic nitrogens is 4. The summed E-state index contributed by atoms with van der Waals surface area (Å²) in [6.07, 6.45) is 6.14. The molecule has 160 valence electrons. The van der Waals surface area contributed by atoms with Crippen molar-refractivity contribution in [2.45, 2.75) is 36.3 Å². The first-order chi connectivity index (χ1) is 14.5. The van der Waals surface area contributed by atoms with Gasteiger partial charge in [0.15, 0.2) is 0 Å². The Labute approximate surface area is 174 Å². The number of hydrogen-bond donors (Lipinski definition) is 1. The van der Waals surface area contributed by atoms with Gasteiger partial charge in [-0.1, -0.05) is 0 Å². The van der Waals surface area contributed by atoms with Crippen molar-refractivity contribution in [2.75, 3.05) is 31.6 Å². The molecule has 2 aliphatic heterocycles. The second-order valence-corrected chi connectivity index (χ2v) is 9.24. The Morgan fingerprint density at radius 2 is 2.10 bits per heavy atom. The molecule has 0 radical (unpaired) electrons. The van der Waals surface area contributed by atoms with E-state index in [1.165, 1.54) is 27.6 Å². The van der Waals surface area contributed by atoms with Gasteiger partial charge in [0.2, 0.25) is 21.9 Å². The van der Waals surface area contributed by atoms with Crippen LogP contribution in [0, 0.1) is 11.3 Å². The van der Waals surface area contributed by atoms with Gasteiger partial charge in [0.1, 0.15) is 22.6 Å². The number of anilines is 1. The first kappa shape index (κ1) is 20.5. The third-order valence-corrected chi connectivity index (χ3v) is 7.00. The van der Waals surface area contributed by atoms with E-state index in [4.69, 9.17) is 9.47 Å². The van der Waals surface area contributed by atoms with Gasteiger partial charge in [-0.15, -0.1) is 0 Å². The molecule has 0 amide bonds. The lowest BCUT2D eigenvalue weighted by Crippen LogP contribution is -2.42. The highest BCUT2D eigenvalue weighted by Crippen LogP contribution is 2.24. The minimum atomic E-state index is -3.54. The maximum atomic E-state index is 12.7. The molecule has 2 aromatic rings. The van der Waals surface area contributed by atoms with Crippen molar-refractivity contribution in [3.63, 3.8) is 0 Å². The average Bonchev–Trinajstić information content (AvgIpc) is 3.41. The van der Waals surface area contributed by atoms with Crippen LogP contribution < -0.4 is 10.1 Å². The number of nitrogens with one attached hydrogen (secondary N) is 1. The molecule has 1 N–H and O–H groups in total. The van der Waals surface area contributed by atoms with Crippen LogP contribution in [0.25, 0.3) is 0 Å². The molecule has 0 spiro atoms. The summed E-state index contributed by atoms with van der Waals surface area (Å²) in [6, 6.07) is 2.06. The van der Waals surface area contributed by atoms with Crippen molar-refractivity contribution < 1.29 is 17.9 Å². The molecule has 30 heavy (non-hydrogen) atoms. The van der Waals surface area contributed by atoms with Gasteiger partial charge in [-0.05, 0) is 12.8 Å². The molecular weight excluding hydrogens is 410 g/mol. The average molecular weight is 433 g/mol. The number of nitrogens with zero attached hydrogens (tertiary/aromatic N) is 6. The zero-order valence-electron chi connectivity index (χ0n) is 16.6. The lowest BCUT2D eigenvalue weighted by Gasteiger charge is -2.31. The molecule has 4 heterocycles. The van der Waals surface area contributed by atoms with Gasteiger partial charge in [-0.25, -0.2) is 13.4 Å². The highest BCUT2D eigenvalue weighted by molar-refractivity contribution is 7.89. The van der Waals surface area contributed by atoms with E-state index in [0.717, 1.165) is 6.42 Å².